The number of thioether (sulfide) groups is 1. The van der Waals surface area contributed by atoms with Gasteiger partial charge in [-0.05, 0) is 11.6 Å². The van der Waals surface area contributed by atoms with Gasteiger partial charge in [0.15, 0.2) is 8.97 Å². The number of aryl methyl sites for hydroxylation is 1. The lowest BCUT2D eigenvalue weighted by Crippen LogP contribution is -2.48. The largest absolute Gasteiger partial charge is 0.316 e. The fourth-order valence-corrected chi connectivity index (χ4v) is 9.19. The third kappa shape index (κ3) is 3.50. The summed E-state index contributed by atoms with van der Waals surface area (Å²) in [5.74, 6) is 2.25. The summed E-state index contributed by atoms with van der Waals surface area (Å²) in [7, 11) is 0.210. The van der Waals surface area contributed by atoms with Crippen LogP contribution in [0.5, 0.6) is 0 Å². The zero-order chi connectivity index (χ0) is 18.0. The van der Waals surface area contributed by atoms with Gasteiger partial charge in [-0.3, -0.25) is 10.1 Å². The molecule has 1 spiro atoms. The third-order valence-electron chi connectivity index (χ3n) is 5.29. The lowest BCUT2D eigenvalue weighted by Gasteiger charge is -2.39. The molecule has 136 valence electrons. The summed E-state index contributed by atoms with van der Waals surface area (Å²) in [5.41, 5.74) is 2.86. The Morgan fingerprint density at radius 3 is 2.58 bits per heavy atom. The van der Waals surface area contributed by atoms with Crippen LogP contribution in [0.3, 0.4) is 0 Å². The molecule has 1 fully saturated rings. The molecule has 1 N–H and O–H groups in total. The number of benzene rings is 2. The molecule has 2 aromatic rings. The summed E-state index contributed by atoms with van der Waals surface area (Å²) in [6.45, 7) is 2.21. The molecule has 4 nitrogen and oxygen atoms in total. The van der Waals surface area contributed by atoms with Crippen LogP contribution in [0.15, 0.2) is 53.4 Å². The Kier molecular flexibility index (Phi) is 5.25. The molecule has 26 heavy (non-hydrogen) atoms. The number of nitro benzene ring substituents is 1. The first kappa shape index (κ1) is 17.9. The lowest BCUT2D eigenvalue weighted by atomic mass is 10.1. The predicted molar refractivity (Wildman–Crippen MR) is 110 cm³/mol. The first-order valence-electron chi connectivity index (χ1n) is 9.05. The van der Waals surface area contributed by atoms with Crippen molar-refractivity contribution in [2.75, 3.05) is 18.8 Å². The average Bonchev–Trinajstić information content (AvgIpc) is 2.68. The quantitative estimate of drug-likeness (QED) is 0.487. The maximum absolute atomic E-state index is 10.9. The number of nitrogens with zero attached hydrogens (tertiary/aromatic N) is 1. The Morgan fingerprint density at radius 2 is 1.85 bits per heavy atom. The monoisotopic (exact) mass is 387 g/mol. The van der Waals surface area contributed by atoms with Crippen molar-refractivity contribution in [3.63, 3.8) is 0 Å². The first-order chi connectivity index (χ1) is 12.7. The standard InChI is InChI=1S/C20H23N2O2S2/c23-22(24)18-7-5-16(6-8-18)9-14-26-19-4-2-1-3-17(19)15-25-20(26)10-12-21-13-11-20/h1-8,21H,9-15H2/q+1. The highest BCUT2D eigenvalue weighted by Gasteiger charge is 2.52. The number of nitro groups is 1. The molecule has 4 rings (SSSR count). The Balaban J connectivity index is 1.57. The topological polar surface area (TPSA) is 55.2 Å². The van der Waals surface area contributed by atoms with Crippen LogP contribution in [0, 0.1) is 10.1 Å². The van der Waals surface area contributed by atoms with Crippen molar-refractivity contribution < 1.29 is 4.92 Å². The van der Waals surface area contributed by atoms with E-state index in [1.165, 1.54) is 24.0 Å². The molecule has 0 bridgehead atoms. The molecule has 2 aliphatic rings. The summed E-state index contributed by atoms with van der Waals surface area (Å²) in [6.07, 6.45) is 3.44. The minimum Gasteiger partial charge on any atom is -0.316 e. The van der Waals surface area contributed by atoms with Crippen LogP contribution in [0.4, 0.5) is 5.69 Å². The number of fused-ring (bicyclic) bond motifs is 1. The number of hydrogen-bond donors (Lipinski definition) is 1. The van der Waals surface area contributed by atoms with Crippen molar-refractivity contribution in [3.05, 3.63) is 69.8 Å². The second-order valence-corrected chi connectivity index (χ2v) is 10.9. The van der Waals surface area contributed by atoms with Crippen molar-refractivity contribution in [2.24, 2.45) is 0 Å². The van der Waals surface area contributed by atoms with Crippen molar-refractivity contribution in [1.29, 1.82) is 0 Å². The van der Waals surface area contributed by atoms with E-state index in [0.717, 1.165) is 31.0 Å². The summed E-state index contributed by atoms with van der Waals surface area (Å²) in [5, 5.41) is 14.4. The van der Waals surface area contributed by atoms with Gasteiger partial charge >= 0.3 is 0 Å². The summed E-state index contributed by atoms with van der Waals surface area (Å²) in [6, 6.07) is 16.0. The van der Waals surface area contributed by atoms with Gasteiger partial charge in [0, 0.05) is 66.7 Å². The molecule has 1 saturated heterocycles. The van der Waals surface area contributed by atoms with Crippen molar-refractivity contribution in [2.45, 2.75) is 34.0 Å². The third-order valence-corrected chi connectivity index (χ3v) is 10.5. The van der Waals surface area contributed by atoms with Gasteiger partial charge in [0.05, 0.1) is 4.92 Å². The van der Waals surface area contributed by atoms with Crippen molar-refractivity contribution in [1.82, 2.24) is 5.32 Å². The molecule has 1 unspecified atom stereocenters. The fraction of sp³-hybridized carbons (Fsp3) is 0.400. The number of piperidine rings is 1. The minimum absolute atomic E-state index is 0.171. The molecule has 0 aliphatic carbocycles. The van der Waals surface area contributed by atoms with Crippen LogP contribution in [0.25, 0.3) is 0 Å². The van der Waals surface area contributed by atoms with E-state index in [-0.39, 0.29) is 21.5 Å². The molecular formula is C20H23N2O2S2+. The normalized spacial score (nSPS) is 21.3. The number of nitrogens with one attached hydrogen (secondary N) is 1. The SMILES string of the molecule is O=[N+]([O-])c1ccc(CC[S+]2c3ccccc3CSC23CCNCC3)cc1. The summed E-state index contributed by atoms with van der Waals surface area (Å²) >= 11 is 2.16. The van der Waals surface area contributed by atoms with E-state index in [1.54, 1.807) is 17.0 Å². The minimum atomic E-state index is -0.330. The van der Waals surface area contributed by atoms with Gasteiger partial charge in [-0.2, -0.15) is 0 Å². The van der Waals surface area contributed by atoms with Gasteiger partial charge in [0.1, 0.15) is 5.75 Å². The van der Waals surface area contributed by atoms with Gasteiger partial charge in [-0.15, -0.1) is 0 Å². The van der Waals surface area contributed by atoms with Crippen molar-refractivity contribution in [3.8, 4) is 0 Å². The van der Waals surface area contributed by atoms with Gasteiger partial charge in [0.2, 0.25) is 0 Å². The van der Waals surface area contributed by atoms with Gasteiger partial charge in [-0.1, -0.05) is 42.1 Å². The molecule has 0 saturated carbocycles. The lowest BCUT2D eigenvalue weighted by molar-refractivity contribution is -0.384. The highest BCUT2D eigenvalue weighted by atomic mass is 32.2. The highest BCUT2D eigenvalue weighted by Crippen LogP contribution is 2.50. The van der Waals surface area contributed by atoms with Gasteiger partial charge < -0.3 is 5.32 Å². The number of non-ortho nitro benzene ring substituents is 1. The Labute approximate surface area is 161 Å². The van der Waals surface area contributed by atoms with Gasteiger partial charge in [-0.25, -0.2) is 0 Å². The van der Waals surface area contributed by atoms with Crippen LogP contribution < -0.4 is 5.32 Å². The average molecular weight is 388 g/mol. The van der Waals surface area contributed by atoms with Crippen LogP contribution in [-0.2, 0) is 23.1 Å². The first-order valence-corrected chi connectivity index (χ1v) is 11.4. The van der Waals surface area contributed by atoms with E-state index < -0.39 is 0 Å². The van der Waals surface area contributed by atoms with Crippen LogP contribution in [-0.4, -0.2) is 27.8 Å². The van der Waals surface area contributed by atoms with Crippen LogP contribution in [0.2, 0.25) is 0 Å². The van der Waals surface area contributed by atoms with E-state index in [9.17, 15) is 10.1 Å². The molecule has 0 aromatic heterocycles. The molecule has 0 amide bonds. The molecular weight excluding hydrogens is 364 g/mol. The van der Waals surface area contributed by atoms with E-state index in [4.69, 9.17) is 0 Å². The molecule has 2 aliphatic heterocycles. The Bertz CT molecular complexity index is 789. The van der Waals surface area contributed by atoms with E-state index in [2.05, 4.69) is 41.3 Å². The van der Waals surface area contributed by atoms with Gasteiger partial charge in [0.25, 0.3) is 5.69 Å². The number of hydrogen-bond acceptors (Lipinski definition) is 4. The molecule has 6 heteroatoms. The second-order valence-electron chi connectivity index (χ2n) is 6.83. The predicted octanol–water partition coefficient (Wildman–Crippen LogP) is 4.14. The zero-order valence-corrected chi connectivity index (χ0v) is 16.3. The second kappa shape index (κ2) is 7.62. The smallest absolute Gasteiger partial charge is 0.269 e. The van der Waals surface area contributed by atoms with E-state index in [1.807, 2.05) is 12.1 Å². The molecule has 0 radical (unpaired) electrons. The highest BCUT2D eigenvalue weighted by molar-refractivity contribution is 8.17. The Morgan fingerprint density at radius 1 is 1.12 bits per heavy atom. The van der Waals surface area contributed by atoms with Crippen LogP contribution in [0.1, 0.15) is 24.0 Å². The van der Waals surface area contributed by atoms with Crippen LogP contribution >= 0.6 is 11.8 Å². The zero-order valence-electron chi connectivity index (χ0n) is 14.6. The molecule has 2 aromatic carbocycles. The molecule has 2 heterocycles. The fourth-order valence-electron chi connectivity index (χ4n) is 3.84. The van der Waals surface area contributed by atoms with E-state index in [0.29, 0.717) is 4.08 Å². The molecule has 1 atom stereocenters. The van der Waals surface area contributed by atoms with E-state index >= 15 is 0 Å². The maximum atomic E-state index is 10.9. The summed E-state index contributed by atoms with van der Waals surface area (Å²) in [4.78, 5) is 12.1. The number of rotatable bonds is 4. The summed E-state index contributed by atoms with van der Waals surface area (Å²) < 4.78 is 0.361. The maximum Gasteiger partial charge on any atom is 0.269 e. The Hall–Kier alpha value is -1.50. The van der Waals surface area contributed by atoms with Crippen molar-refractivity contribution >= 4 is 28.3 Å².